The van der Waals surface area contributed by atoms with Crippen LogP contribution in [0.25, 0.3) is 10.2 Å². The highest BCUT2D eigenvalue weighted by atomic mass is 32.2. The number of ether oxygens (including phenoxy) is 1. The van der Waals surface area contributed by atoms with Crippen LogP contribution in [-0.4, -0.2) is 43.9 Å². The maximum atomic E-state index is 13.3. The summed E-state index contributed by atoms with van der Waals surface area (Å²) >= 11 is 1.17. The zero-order valence-corrected chi connectivity index (χ0v) is 23.8. The van der Waals surface area contributed by atoms with Gasteiger partial charge < -0.3 is 14.6 Å². The molecular weight excluding hydrogens is 552 g/mol. The van der Waals surface area contributed by atoms with Gasteiger partial charge in [-0.1, -0.05) is 29.5 Å². The van der Waals surface area contributed by atoms with E-state index in [1.54, 1.807) is 60.9 Å². The Morgan fingerprint density at radius 1 is 1.00 bits per heavy atom. The number of para-hydroxylation sites is 1. The number of aromatic nitrogens is 1. The molecular formula is C28H28N4O6S2. The van der Waals surface area contributed by atoms with E-state index in [-0.39, 0.29) is 40.9 Å². The van der Waals surface area contributed by atoms with Gasteiger partial charge in [-0.15, -0.1) is 0 Å². The van der Waals surface area contributed by atoms with Crippen molar-refractivity contribution >= 4 is 60.7 Å². The molecule has 0 radical (unpaired) electrons. The third-order valence-corrected chi connectivity index (χ3v) is 8.77. The molecule has 0 bridgehead atoms. The van der Waals surface area contributed by atoms with Crippen molar-refractivity contribution in [1.82, 2.24) is 4.57 Å². The van der Waals surface area contributed by atoms with Crippen LogP contribution in [0.5, 0.6) is 0 Å². The molecule has 0 aliphatic rings. The Morgan fingerprint density at radius 2 is 1.70 bits per heavy atom. The quantitative estimate of drug-likeness (QED) is 0.296. The summed E-state index contributed by atoms with van der Waals surface area (Å²) in [5, 5.41) is 2.71. The second-order valence-corrected chi connectivity index (χ2v) is 11.5. The van der Waals surface area contributed by atoms with Crippen molar-refractivity contribution in [2.45, 2.75) is 32.2 Å². The van der Waals surface area contributed by atoms with Gasteiger partial charge in [0, 0.05) is 24.7 Å². The number of amides is 2. The molecule has 208 valence electrons. The molecule has 0 spiro atoms. The van der Waals surface area contributed by atoms with Gasteiger partial charge in [-0.2, -0.15) is 4.99 Å². The molecule has 1 aromatic heterocycles. The molecule has 0 atom stereocenters. The number of hydrogen-bond acceptors (Lipinski definition) is 7. The van der Waals surface area contributed by atoms with Gasteiger partial charge in [-0.05, 0) is 68.4 Å². The number of anilines is 2. The molecule has 12 heteroatoms. The predicted octanol–water partition coefficient (Wildman–Crippen LogP) is 4.18. The van der Waals surface area contributed by atoms with E-state index >= 15 is 0 Å². The second-order valence-electron chi connectivity index (χ2n) is 8.59. The van der Waals surface area contributed by atoms with Crippen LogP contribution >= 0.6 is 11.3 Å². The standard InChI is InChI=1S/C28H28N4O6S2/c1-4-32(22-9-7-6-8-10-22)40(36,37)23-14-11-20(12-15-23)27(35)30-28-31(18-26(34)38-5-2)24-16-13-21(29-19(3)33)17-25(24)39-28/h6-17H,4-5,18H2,1-3H3,(H,29,33). The summed E-state index contributed by atoms with van der Waals surface area (Å²) in [6, 6.07) is 19.5. The first-order valence-electron chi connectivity index (χ1n) is 12.5. The van der Waals surface area contributed by atoms with Crippen LogP contribution in [0.3, 0.4) is 0 Å². The number of thiazole rings is 1. The summed E-state index contributed by atoms with van der Waals surface area (Å²) in [6.07, 6.45) is 0. The highest BCUT2D eigenvalue weighted by molar-refractivity contribution is 7.92. The number of nitrogens with one attached hydrogen (secondary N) is 1. The minimum Gasteiger partial charge on any atom is -0.465 e. The van der Waals surface area contributed by atoms with Gasteiger partial charge in [0.2, 0.25) is 5.91 Å². The zero-order valence-electron chi connectivity index (χ0n) is 22.2. The number of hydrogen-bond donors (Lipinski definition) is 1. The lowest BCUT2D eigenvalue weighted by molar-refractivity contribution is -0.143. The van der Waals surface area contributed by atoms with Crippen LogP contribution in [0.2, 0.25) is 0 Å². The van der Waals surface area contributed by atoms with Crippen molar-refractivity contribution in [3.8, 4) is 0 Å². The third-order valence-electron chi connectivity index (χ3n) is 5.81. The van der Waals surface area contributed by atoms with Gasteiger partial charge in [0.05, 0.1) is 27.4 Å². The largest absolute Gasteiger partial charge is 0.465 e. The van der Waals surface area contributed by atoms with E-state index in [1.165, 1.54) is 46.8 Å². The molecule has 4 aromatic rings. The second kappa shape index (κ2) is 12.3. The predicted molar refractivity (Wildman–Crippen MR) is 154 cm³/mol. The highest BCUT2D eigenvalue weighted by Crippen LogP contribution is 2.24. The Balaban J connectivity index is 1.69. The minimum absolute atomic E-state index is 0.0412. The molecule has 10 nitrogen and oxygen atoms in total. The Labute approximate surface area is 235 Å². The van der Waals surface area contributed by atoms with Gasteiger partial charge in [-0.25, -0.2) is 8.42 Å². The Kier molecular flexibility index (Phi) is 8.80. The van der Waals surface area contributed by atoms with Crippen LogP contribution in [0, 0.1) is 0 Å². The van der Waals surface area contributed by atoms with E-state index in [0.717, 1.165) is 0 Å². The maximum Gasteiger partial charge on any atom is 0.326 e. The van der Waals surface area contributed by atoms with Gasteiger partial charge in [0.1, 0.15) is 6.54 Å². The van der Waals surface area contributed by atoms with E-state index in [2.05, 4.69) is 10.3 Å². The molecule has 4 rings (SSSR count). The van der Waals surface area contributed by atoms with E-state index in [4.69, 9.17) is 4.74 Å². The molecule has 3 aromatic carbocycles. The van der Waals surface area contributed by atoms with Gasteiger partial charge in [0.25, 0.3) is 15.9 Å². The molecule has 1 heterocycles. The van der Waals surface area contributed by atoms with E-state index in [0.29, 0.717) is 21.6 Å². The summed E-state index contributed by atoms with van der Waals surface area (Å²) in [7, 11) is -3.85. The number of carbonyl (C=O) groups excluding carboxylic acids is 3. The molecule has 0 saturated heterocycles. The lowest BCUT2D eigenvalue weighted by Gasteiger charge is -2.22. The molecule has 1 N–H and O–H groups in total. The summed E-state index contributed by atoms with van der Waals surface area (Å²) in [5.74, 6) is -1.33. The van der Waals surface area contributed by atoms with Crippen LogP contribution in [-0.2, 0) is 30.9 Å². The van der Waals surface area contributed by atoms with Crippen LogP contribution in [0.4, 0.5) is 11.4 Å². The minimum atomic E-state index is -3.85. The zero-order chi connectivity index (χ0) is 28.9. The Morgan fingerprint density at radius 3 is 2.33 bits per heavy atom. The summed E-state index contributed by atoms with van der Waals surface area (Å²) in [6.45, 7) is 5.12. The van der Waals surface area contributed by atoms with Crippen molar-refractivity contribution in [1.29, 1.82) is 0 Å². The highest BCUT2D eigenvalue weighted by Gasteiger charge is 2.24. The Hall–Kier alpha value is -4.29. The van der Waals surface area contributed by atoms with Crippen LogP contribution in [0.1, 0.15) is 31.1 Å². The van der Waals surface area contributed by atoms with E-state index in [1.807, 2.05) is 6.07 Å². The van der Waals surface area contributed by atoms with Gasteiger partial charge in [-0.3, -0.25) is 18.7 Å². The van der Waals surface area contributed by atoms with Crippen LogP contribution < -0.4 is 14.4 Å². The first kappa shape index (κ1) is 28.7. The van der Waals surface area contributed by atoms with Crippen molar-refractivity contribution in [3.63, 3.8) is 0 Å². The molecule has 0 saturated carbocycles. The molecule has 0 fully saturated rings. The fourth-order valence-corrected chi connectivity index (χ4v) is 6.60. The SMILES string of the molecule is CCOC(=O)Cn1c(=NC(=O)c2ccc(S(=O)(=O)N(CC)c3ccccc3)cc2)sc2cc(NC(C)=O)ccc21. The van der Waals surface area contributed by atoms with Crippen molar-refractivity contribution in [3.05, 3.63) is 83.2 Å². The number of esters is 1. The summed E-state index contributed by atoms with van der Waals surface area (Å²) < 4.78 is 35.2. The van der Waals surface area contributed by atoms with E-state index < -0.39 is 21.9 Å². The summed E-state index contributed by atoms with van der Waals surface area (Å²) in [5.41, 5.74) is 1.93. The number of benzene rings is 3. The number of nitrogens with zero attached hydrogens (tertiary/aromatic N) is 3. The van der Waals surface area contributed by atoms with Crippen LogP contribution in [0.15, 0.2) is 82.7 Å². The summed E-state index contributed by atoms with van der Waals surface area (Å²) in [4.78, 5) is 41.5. The fraction of sp³-hybridized carbons (Fsp3) is 0.214. The fourth-order valence-electron chi connectivity index (χ4n) is 4.06. The van der Waals surface area contributed by atoms with Crippen molar-refractivity contribution < 1.29 is 27.5 Å². The average Bonchev–Trinajstić information content (AvgIpc) is 3.25. The Bertz CT molecular complexity index is 1730. The average molecular weight is 581 g/mol. The van der Waals surface area contributed by atoms with Crippen molar-refractivity contribution in [2.75, 3.05) is 22.8 Å². The maximum absolute atomic E-state index is 13.3. The lowest BCUT2D eigenvalue weighted by atomic mass is 10.2. The molecule has 2 amide bonds. The molecule has 40 heavy (non-hydrogen) atoms. The number of fused-ring (bicyclic) bond motifs is 1. The molecule has 0 unspecified atom stereocenters. The number of sulfonamides is 1. The monoisotopic (exact) mass is 580 g/mol. The molecule has 0 aliphatic heterocycles. The van der Waals surface area contributed by atoms with Gasteiger partial charge >= 0.3 is 5.97 Å². The smallest absolute Gasteiger partial charge is 0.326 e. The molecule has 0 aliphatic carbocycles. The number of rotatable bonds is 9. The van der Waals surface area contributed by atoms with Crippen molar-refractivity contribution in [2.24, 2.45) is 4.99 Å². The normalized spacial score (nSPS) is 11.8. The van der Waals surface area contributed by atoms with Gasteiger partial charge in [0.15, 0.2) is 4.80 Å². The number of carbonyl (C=O) groups is 3. The topological polar surface area (TPSA) is 127 Å². The third kappa shape index (κ3) is 6.29. The van der Waals surface area contributed by atoms with E-state index in [9.17, 15) is 22.8 Å². The first-order valence-corrected chi connectivity index (χ1v) is 14.7. The lowest BCUT2D eigenvalue weighted by Crippen LogP contribution is -2.30. The first-order chi connectivity index (χ1) is 19.1.